The van der Waals surface area contributed by atoms with Crippen LogP contribution in [0.4, 0.5) is 0 Å². The summed E-state index contributed by atoms with van der Waals surface area (Å²) in [5, 5.41) is 0. The Morgan fingerprint density at radius 2 is 0.667 bits per heavy atom. The van der Waals surface area contributed by atoms with Crippen molar-refractivity contribution in [1.29, 1.82) is 0 Å². The Bertz CT molecular complexity index is 284. The van der Waals surface area contributed by atoms with Gasteiger partial charge in [0.15, 0.2) is 0 Å². The average Bonchev–Trinajstić information content (AvgIpc) is 2.60. The first-order valence-electron chi connectivity index (χ1n) is 12.9. The first-order chi connectivity index (χ1) is 12.9. The maximum absolute atomic E-state index is 2.51. The van der Waals surface area contributed by atoms with Gasteiger partial charge in [0.2, 0.25) is 0 Å². The molecule has 0 aliphatic rings. The Balaban J connectivity index is 3.59. The monoisotopic (exact) mass is 400 g/mol. The SMILES string of the molecule is CCCCCCCCCCCCCCCCC[PH](C(C)C)(C(C)C)C(C)C. The van der Waals surface area contributed by atoms with E-state index in [1.165, 1.54) is 96.3 Å². The van der Waals surface area contributed by atoms with E-state index >= 15 is 0 Å². The second-order valence-corrected chi connectivity index (χ2v) is 16.5. The van der Waals surface area contributed by atoms with Crippen molar-refractivity contribution < 1.29 is 0 Å². The Morgan fingerprint density at radius 3 is 0.926 bits per heavy atom. The van der Waals surface area contributed by atoms with Crippen LogP contribution in [-0.4, -0.2) is 23.1 Å². The molecule has 0 saturated heterocycles. The number of unbranched alkanes of at least 4 members (excludes halogenated alkanes) is 14. The first-order valence-corrected chi connectivity index (χ1v) is 15.3. The molecule has 0 spiro atoms. The van der Waals surface area contributed by atoms with Gasteiger partial charge in [0.1, 0.15) is 0 Å². The van der Waals surface area contributed by atoms with E-state index in [0.717, 1.165) is 17.0 Å². The summed E-state index contributed by atoms with van der Waals surface area (Å²) in [6, 6.07) is 0. The molecule has 0 unspecified atom stereocenters. The van der Waals surface area contributed by atoms with E-state index in [2.05, 4.69) is 48.5 Å². The summed E-state index contributed by atoms with van der Waals surface area (Å²) < 4.78 is 0. The van der Waals surface area contributed by atoms with Crippen molar-refractivity contribution in [2.45, 2.75) is 162 Å². The molecule has 0 amide bonds. The minimum atomic E-state index is -1.13. The maximum atomic E-state index is 2.51. The van der Waals surface area contributed by atoms with E-state index in [9.17, 15) is 0 Å². The fourth-order valence-corrected chi connectivity index (χ4v) is 12.3. The molecule has 27 heavy (non-hydrogen) atoms. The molecule has 0 atom stereocenters. The van der Waals surface area contributed by atoms with Crippen LogP contribution in [0, 0.1) is 0 Å². The zero-order valence-corrected chi connectivity index (χ0v) is 21.5. The van der Waals surface area contributed by atoms with Crippen LogP contribution in [0.15, 0.2) is 0 Å². The molecule has 0 aromatic rings. The Hall–Kier alpha value is 0.430. The van der Waals surface area contributed by atoms with Crippen LogP contribution in [0.5, 0.6) is 0 Å². The fraction of sp³-hybridized carbons (Fsp3) is 1.00. The van der Waals surface area contributed by atoms with Gasteiger partial charge in [-0.3, -0.25) is 0 Å². The first kappa shape index (κ1) is 27.4. The molecule has 0 aliphatic heterocycles. The van der Waals surface area contributed by atoms with Crippen LogP contribution < -0.4 is 0 Å². The van der Waals surface area contributed by atoms with Crippen molar-refractivity contribution in [3.63, 3.8) is 0 Å². The van der Waals surface area contributed by atoms with Crippen molar-refractivity contribution in [3.8, 4) is 0 Å². The molecule has 0 radical (unpaired) electrons. The molecular weight excluding hydrogens is 343 g/mol. The molecule has 0 aliphatic carbocycles. The van der Waals surface area contributed by atoms with Crippen molar-refractivity contribution in [2.75, 3.05) is 6.16 Å². The summed E-state index contributed by atoms with van der Waals surface area (Å²) in [7, 11) is -1.13. The number of hydrogen-bond donors (Lipinski definition) is 0. The molecule has 1 heteroatoms. The van der Waals surface area contributed by atoms with Crippen LogP contribution in [-0.2, 0) is 0 Å². The van der Waals surface area contributed by atoms with E-state index in [4.69, 9.17) is 0 Å². The minimum absolute atomic E-state index is 0.934. The molecular formula is C26H57P. The molecule has 0 aromatic carbocycles. The fourth-order valence-electron chi connectivity index (χ4n) is 5.67. The van der Waals surface area contributed by atoms with E-state index in [1.54, 1.807) is 6.16 Å². The summed E-state index contributed by atoms with van der Waals surface area (Å²) >= 11 is 0. The van der Waals surface area contributed by atoms with Gasteiger partial charge in [-0.1, -0.05) is 32.6 Å². The van der Waals surface area contributed by atoms with Gasteiger partial charge in [-0.15, -0.1) is 0 Å². The molecule has 0 saturated carbocycles. The zero-order chi connectivity index (χ0) is 20.5. The molecule has 0 N–H and O–H groups in total. The Labute approximate surface area is 175 Å². The standard InChI is InChI=1S/C26H57P/c1-8-9-10-11-12-13-14-15-16-17-18-19-20-21-22-23-27(24(2)3,25(4)5)26(6)7/h24-27H,8-23H2,1-7H3. The average molecular weight is 401 g/mol. The van der Waals surface area contributed by atoms with Crippen LogP contribution in [0.25, 0.3) is 0 Å². The van der Waals surface area contributed by atoms with Crippen LogP contribution in [0.2, 0.25) is 0 Å². The van der Waals surface area contributed by atoms with Crippen molar-refractivity contribution in [1.82, 2.24) is 0 Å². The topological polar surface area (TPSA) is 0 Å². The van der Waals surface area contributed by atoms with E-state index in [1.807, 2.05) is 0 Å². The van der Waals surface area contributed by atoms with Gasteiger partial charge in [-0.25, -0.2) is 0 Å². The molecule has 0 rings (SSSR count). The summed E-state index contributed by atoms with van der Waals surface area (Å²) in [5.74, 6) is 0. The van der Waals surface area contributed by atoms with E-state index < -0.39 is 7.26 Å². The van der Waals surface area contributed by atoms with Gasteiger partial charge in [-0.2, -0.15) is 0 Å². The zero-order valence-electron chi connectivity index (χ0n) is 20.5. The predicted octanol–water partition coefficient (Wildman–Crippen LogP) is 9.83. The van der Waals surface area contributed by atoms with Crippen molar-refractivity contribution in [2.24, 2.45) is 0 Å². The van der Waals surface area contributed by atoms with E-state index in [0.29, 0.717) is 0 Å². The third kappa shape index (κ3) is 11.9. The second kappa shape index (κ2) is 17.3. The molecule has 0 heterocycles. The van der Waals surface area contributed by atoms with Gasteiger partial charge in [0.25, 0.3) is 0 Å². The van der Waals surface area contributed by atoms with Gasteiger partial charge in [-0.05, 0) is 0 Å². The van der Waals surface area contributed by atoms with Crippen LogP contribution >= 0.6 is 7.26 Å². The van der Waals surface area contributed by atoms with E-state index in [-0.39, 0.29) is 0 Å². The van der Waals surface area contributed by atoms with Crippen LogP contribution in [0.3, 0.4) is 0 Å². The summed E-state index contributed by atoms with van der Waals surface area (Å²) in [4.78, 5) is 0. The summed E-state index contributed by atoms with van der Waals surface area (Å²) in [5.41, 5.74) is 2.80. The predicted molar refractivity (Wildman–Crippen MR) is 134 cm³/mol. The third-order valence-corrected chi connectivity index (χ3v) is 15.1. The molecule has 0 nitrogen and oxygen atoms in total. The molecule has 0 bridgehead atoms. The van der Waals surface area contributed by atoms with Crippen molar-refractivity contribution >= 4 is 7.26 Å². The Morgan fingerprint density at radius 1 is 0.407 bits per heavy atom. The Kier molecular flexibility index (Phi) is 17.6. The van der Waals surface area contributed by atoms with Gasteiger partial charge < -0.3 is 0 Å². The third-order valence-electron chi connectivity index (χ3n) is 7.44. The van der Waals surface area contributed by atoms with Gasteiger partial charge >= 0.3 is 143 Å². The summed E-state index contributed by atoms with van der Waals surface area (Å²) in [6.45, 7) is 17.4. The molecule has 166 valence electrons. The summed E-state index contributed by atoms with van der Waals surface area (Å²) in [6.07, 6.45) is 23.7. The molecule has 0 fully saturated rings. The van der Waals surface area contributed by atoms with Gasteiger partial charge in [0, 0.05) is 0 Å². The van der Waals surface area contributed by atoms with Crippen molar-refractivity contribution in [3.05, 3.63) is 0 Å². The normalized spacial score (nSPS) is 13.3. The number of hydrogen-bond acceptors (Lipinski definition) is 0. The molecule has 0 aromatic heterocycles. The van der Waals surface area contributed by atoms with Gasteiger partial charge in [0.05, 0.1) is 0 Å². The number of rotatable bonds is 19. The van der Waals surface area contributed by atoms with Crippen LogP contribution in [0.1, 0.15) is 145 Å². The quantitative estimate of drug-likeness (QED) is 0.149. The second-order valence-electron chi connectivity index (χ2n) is 10.3.